The van der Waals surface area contributed by atoms with Gasteiger partial charge in [-0.2, -0.15) is 0 Å². The first-order valence-corrected chi connectivity index (χ1v) is 10.8. The molecule has 0 aliphatic carbocycles. The minimum Gasteiger partial charge on any atom is -0.497 e. The predicted molar refractivity (Wildman–Crippen MR) is 142 cm³/mol. The van der Waals surface area contributed by atoms with Crippen LogP contribution in [0.15, 0.2) is 53.7 Å². The van der Waals surface area contributed by atoms with Gasteiger partial charge in [0.1, 0.15) is 17.4 Å². The summed E-state index contributed by atoms with van der Waals surface area (Å²) in [4.78, 5) is 7.87. The van der Waals surface area contributed by atoms with Crippen LogP contribution in [0, 0.1) is 12.7 Å². The molecule has 4 aromatic rings. The summed E-state index contributed by atoms with van der Waals surface area (Å²) in [6.07, 6.45) is 2.69. The maximum atomic E-state index is 13.5. The Morgan fingerprint density at radius 1 is 1.15 bits per heavy atom. The number of hydrogen-bond donors (Lipinski definition) is 3. The molecular formula is C24H29FIN7O. The molecule has 2 heterocycles. The van der Waals surface area contributed by atoms with E-state index in [0.717, 1.165) is 45.8 Å². The average molecular weight is 577 g/mol. The highest BCUT2D eigenvalue weighted by Gasteiger charge is 2.08. The zero-order chi connectivity index (χ0) is 23.2. The smallest absolute Gasteiger partial charge is 0.191 e. The van der Waals surface area contributed by atoms with E-state index in [-0.39, 0.29) is 29.8 Å². The molecule has 0 spiro atoms. The number of rotatable bonds is 8. The van der Waals surface area contributed by atoms with E-state index in [1.807, 2.05) is 55.1 Å². The number of nitrogens with one attached hydrogen (secondary N) is 3. The number of methoxy groups -OCH3 is 1. The first-order chi connectivity index (χ1) is 16.0. The van der Waals surface area contributed by atoms with E-state index in [0.29, 0.717) is 25.6 Å². The molecule has 180 valence electrons. The molecule has 34 heavy (non-hydrogen) atoms. The normalized spacial score (nSPS) is 11.4. The largest absolute Gasteiger partial charge is 0.497 e. The second kappa shape index (κ2) is 11.8. The molecule has 0 fully saturated rings. The minimum absolute atomic E-state index is 0. The predicted octanol–water partition coefficient (Wildman–Crippen LogP) is 3.85. The van der Waals surface area contributed by atoms with Gasteiger partial charge in [-0.05, 0) is 54.8 Å². The van der Waals surface area contributed by atoms with Gasteiger partial charge in [-0.15, -0.1) is 34.2 Å². The molecule has 3 N–H and O–H groups in total. The highest BCUT2D eigenvalue weighted by atomic mass is 127. The van der Waals surface area contributed by atoms with Crippen molar-refractivity contribution in [2.75, 3.05) is 13.7 Å². The van der Waals surface area contributed by atoms with Crippen LogP contribution in [-0.4, -0.2) is 39.4 Å². The molecule has 0 atom stereocenters. The summed E-state index contributed by atoms with van der Waals surface area (Å²) >= 11 is 0. The Morgan fingerprint density at radius 2 is 1.94 bits per heavy atom. The molecule has 8 nitrogen and oxygen atoms in total. The molecule has 10 heteroatoms. The molecule has 0 amide bonds. The zero-order valence-electron chi connectivity index (χ0n) is 19.4. The van der Waals surface area contributed by atoms with E-state index in [9.17, 15) is 4.39 Å². The van der Waals surface area contributed by atoms with E-state index >= 15 is 0 Å². The van der Waals surface area contributed by atoms with Crippen LogP contribution in [0.5, 0.6) is 5.75 Å². The molecule has 0 aliphatic rings. The summed E-state index contributed by atoms with van der Waals surface area (Å²) in [6.45, 7) is 3.60. The van der Waals surface area contributed by atoms with Gasteiger partial charge in [-0.25, -0.2) is 9.38 Å². The zero-order valence-corrected chi connectivity index (χ0v) is 21.8. The van der Waals surface area contributed by atoms with Gasteiger partial charge >= 0.3 is 0 Å². The Kier molecular flexibility index (Phi) is 8.85. The molecule has 2 aromatic heterocycles. The fourth-order valence-electron chi connectivity index (χ4n) is 3.52. The van der Waals surface area contributed by atoms with Crippen molar-refractivity contribution in [1.82, 2.24) is 30.4 Å². The number of nitrogens with zero attached hydrogens (tertiary/aromatic N) is 4. The maximum Gasteiger partial charge on any atom is 0.191 e. The van der Waals surface area contributed by atoms with Crippen LogP contribution < -0.4 is 15.4 Å². The Hall–Kier alpha value is -3.15. The number of aliphatic imine (C=N–C) groups is 1. The molecular weight excluding hydrogens is 548 g/mol. The van der Waals surface area contributed by atoms with Crippen molar-refractivity contribution < 1.29 is 9.13 Å². The van der Waals surface area contributed by atoms with Gasteiger partial charge in [0.2, 0.25) is 0 Å². The highest BCUT2D eigenvalue weighted by Crippen LogP contribution is 2.19. The first-order valence-electron chi connectivity index (χ1n) is 10.8. The Balaban J connectivity index is 0.00000324. The first kappa shape index (κ1) is 25.5. The van der Waals surface area contributed by atoms with Crippen molar-refractivity contribution in [2.45, 2.75) is 26.4 Å². The molecule has 0 saturated carbocycles. The number of aromatic amines is 1. The van der Waals surface area contributed by atoms with Crippen LogP contribution in [0.1, 0.15) is 22.8 Å². The lowest BCUT2D eigenvalue weighted by atomic mass is 10.1. The van der Waals surface area contributed by atoms with Crippen molar-refractivity contribution in [3.8, 4) is 5.75 Å². The number of benzene rings is 2. The monoisotopic (exact) mass is 577 g/mol. The molecule has 4 rings (SSSR count). The van der Waals surface area contributed by atoms with Gasteiger partial charge in [0.15, 0.2) is 11.8 Å². The minimum atomic E-state index is -0.245. The number of aromatic nitrogens is 4. The van der Waals surface area contributed by atoms with Gasteiger partial charge in [-0.3, -0.25) is 0 Å². The molecule has 0 saturated heterocycles. The number of fused-ring (bicyclic) bond motifs is 1. The van der Waals surface area contributed by atoms with Crippen LogP contribution in [0.4, 0.5) is 4.39 Å². The Labute approximate surface area is 215 Å². The van der Waals surface area contributed by atoms with Crippen LogP contribution >= 0.6 is 24.0 Å². The molecule has 0 bridgehead atoms. The van der Waals surface area contributed by atoms with Gasteiger partial charge in [-0.1, -0.05) is 12.1 Å². The fourth-order valence-corrected chi connectivity index (χ4v) is 3.52. The second-order valence-corrected chi connectivity index (χ2v) is 7.77. The summed E-state index contributed by atoms with van der Waals surface area (Å²) in [5.74, 6) is 2.93. The highest BCUT2D eigenvalue weighted by molar-refractivity contribution is 14.0. The van der Waals surface area contributed by atoms with Gasteiger partial charge < -0.3 is 24.9 Å². The van der Waals surface area contributed by atoms with Crippen molar-refractivity contribution in [3.63, 3.8) is 0 Å². The fraction of sp³-hybridized carbons (Fsp3) is 0.292. The molecule has 2 aromatic carbocycles. The standard InChI is InChI=1S/C24H28FN7O.HI/c1-16-30-31-23(32(16)2)15-29-24(28-13-17-4-7-20(33-3)8-5-17)26-11-10-18-14-27-22-12-19(25)6-9-21(18)22;/h4-9,12,14,27H,10-11,13,15H2,1-3H3,(H2,26,28,29);1H. The summed E-state index contributed by atoms with van der Waals surface area (Å²) in [6, 6.07) is 12.6. The Bertz CT molecular complexity index is 1250. The summed E-state index contributed by atoms with van der Waals surface area (Å²) in [5, 5.41) is 16.1. The SMILES string of the molecule is COc1ccc(CN=C(NCCc2c[nH]c3cc(F)ccc23)NCc2nnc(C)n2C)cc1.I. The summed E-state index contributed by atoms with van der Waals surface area (Å²) in [5.41, 5.74) is 3.00. The number of H-pyrrole nitrogens is 1. The van der Waals surface area contributed by atoms with E-state index in [1.54, 1.807) is 7.11 Å². The lowest BCUT2D eigenvalue weighted by molar-refractivity contribution is 0.414. The maximum absolute atomic E-state index is 13.5. The Morgan fingerprint density at radius 3 is 2.65 bits per heavy atom. The van der Waals surface area contributed by atoms with Crippen LogP contribution in [-0.2, 0) is 26.6 Å². The number of guanidine groups is 1. The average Bonchev–Trinajstić information content (AvgIpc) is 3.37. The van der Waals surface area contributed by atoms with E-state index < -0.39 is 0 Å². The third-order valence-electron chi connectivity index (χ3n) is 5.59. The lowest BCUT2D eigenvalue weighted by Crippen LogP contribution is -2.38. The quantitative estimate of drug-likeness (QED) is 0.168. The molecule has 0 aliphatic heterocycles. The third kappa shape index (κ3) is 6.25. The lowest BCUT2D eigenvalue weighted by Gasteiger charge is -2.13. The molecule has 0 radical (unpaired) electrons. The number of hydrogen-bond acceptors (Lipinski definition) is 4. The summed E-state index contributed by atoms with van der Waals surface area (Å²) < 4.78 is 20.6. The van der Waals surface area contributed by atoms with E-state index in [1.165, 1.54) is 12.1 Å². The van der Waals surface area contributed by atoms with Gasteiger partial charge in [0, 0.05) is 30.7 Å². The van der Waals surface area contributed by atoms with Crippen LogP contribution in [0.25, 0.3) is 10.9 Å². The van der Waals surface area contributed by atoms with Crippen molar-refractivity contribution in [1.29, 1.82) is 0 Å². The topological polar surface area (TPSA) is 92.2 Å². The number of ether oxygens (including phenoxy) is 1. The van der Waals surface area contributed by atoms with Crippen molar-refractivity contribution >= 4 is 40.8 Å². The van der Waals surface area contributed by atoms with Crippen LogP contribution in [0.3, 0.4) is 0 Å². The third-order valence-corrected chi connectivity index (χ3v) is 5.59. The van der Waals surface area contributed by atoms with E-state index in [4.69, 9.17) is 9.73 Å². The summed E-state index contributed by atoms with van der Waals surface area (Å²) in [7, 11) is 3.59. The van der Waals surface area contributed by atoms with Crippen LogP contribution in [0.2, 0.25) is 0 Å². The van der Waals surface area contributed by atoms with E-state index in [2.05, 4.69) is 25.8 Å². The second-order valence-electron chi connectivity index (χ2n) is 7.77. The van der Waals surface area contributed by atoms with Crippen molar-refractivity contribution in [2.24, 2.45) is 12.0 Å². The number of aryl methyl sites for hydroxylation is 1. The van der Waals surface area contributed by atoms with Crippen molar-refractivity contribution in [3.05, 3.63) is 77.3 Å². The van der Waals surface area contributed by atoms with Gasteiger partial charge in [0.05, 0.1) is 20.2 Å². The number of halogens is 2. The van der Waals surface area contributed by atoms with Gasteiger partial charge in [0.25, 0.3) is 0 Å². The molecule has 0 unspecified atom stereocenters.